The van der Waals surface area contributed by atoms with Gasteiger partial charge in [-0.3, -0.25) is 0 Å². The fourth-order valence-corrected chi connectivity index (χ4v) is 2.77. The van der Waals surface area contributed by atoms with Crippen molar-refractivity contribution in [2.75, 3.05) is 0 Å². The summed E-state index contributed by atoms with van der Waals surface area (Å²) in [6.45, 7) is 11.6. The number of unbranched alkanes of at least 4 members (excludes halogenated alkanes) is 1. The zero-order valence-corrected chi connectivity index (χ0v) is 13.6. The van der Waals surface area contributed by atoms with E-state index in [0.29, 0.717) is 0 Å². The maximum atomic E-state index is 6.54. The van der Waals surface area contributed by atoms with Gasteiger partial charge >= 0.3 is 0 Å². The topological polar surface area (TPSA) is 26.0 Å². The Morgan fingerprint density at radius 3 is 2.06 bits per heavy atom. The van der Waals surface area contributed by atoms with Gasteiger partial charge in [0.25, 0.3) is 0 Å². The molecule has 0 aromatic carbocycles. The van der Waals surface area contributed by atoms with Crippen LogP contribution in [0.5, 0.6) is 0 Å². The molecule has 1 nitrogen and oxygen atoms in total. The van der Waals surface area contributed by atoms with Gasteiger partial charge in [-0.25, -0.2) is 0 Å². The van der Waals surface area contributed by atoms with Crippen molar-refractivity contribution in [1.29, 1.82) is 0 Å². The van der Waals surface area contributed by atoms with E-state index < -0.39 is 0 Å². The quantitative estimate of drug-likeness (QED) is 0.516. The van der Waals surface area contributed by atoms with Crippen molar-refractivity contribution in [3.8, 4) is 0 Å². The summed E-state index contributed by atoms with van der Waals surface area (Å²) >= 11 is 0. The Morgan fingerprint density at radius 2 is 1.56 bits per heavy atom. The SMILES string of the molecule is CCCCC(N)(CC)CC(C)CCCC(C)CC. The maximum absolute atomic E-state index is 6.54. The third-order valence-corrected chi connectivity index (χ3v) is 4.58. The lowest BCUT2D eigenvalue weighted by Crippen LogP contribution is -2.40. The molecule has 3 atom stereocenters. The molecule has 0 heterocycles. The highest BCUT2D eigenvalue weighted by Crippen LogP contribution is 2.27. The van der Waals surface area contributed by atoms with Crippen LogP contribution >= 0.6 is 0 Å². The molecule has 0 bridgehead atoms. The van der Waals surface area contributed by atoms with Crippen LogP contribution in [0.25, 0.3) is 0 Å². The van der Waals surface area contributed by atoms with Crippen LogP contribution in [0.1, 0.15) is 92.4 Å². The normalized spacial score (nSPS) is 18.3. The van der Waals surface area contributed by atoms with Crippen LogP contribution in [0.3, 0.4) is 0 Å². The molecule has 0 aromatic rings. The van der Waals surface area contributed by atoms with Crippen LogP contribution in [0.4, 0.5) is 0 Å². The molecule has 1 heteroatoms. The fraction of sp³-hybridized carbons (Fsp3) is 1.00. The molecular weight excluding hydrogens is 218 g/mol. The number of rotatable bonds is 11. The summed E-state index contributed by atoms with van der Waals surface area (Å²) in [6.07, 6.45) is 11.5. The zero-order chi connectivity index (χ0) is 14.0. The molecule has 2 N–H and O–H groups in total. The van der Waals surface area contributed by atoms with Crippen LogP contribution in [0.15, 0.2) is 0 Å². The Hall–Kier alpha value is -0.0400. The van der Waals surface area contributed by atoms with Gasteiger partial charge < -0.3 is 5.73 Å². The van der Waals surface area contributed by atoms with Gasteiger partial charge in [-0.1, -0.05) is 73.1 Å². The average Bonchev–Trinajstić information content (AvgIpc) is 2.36. The van der Waals surface area contributed by atoms with Gasteiger partial charge in [-0.2, -0.15) is 0 Å². The standard InChI is InChI=1S/C17H37N/c1-6-9-13-17(18,8-3)14-16(5)12-10-11-15(4)7-2/h15-16H,6-14,18H2,1-5H3. The second-order valence-corrected chi connectivity index (χ2v) is 6.57. The minimum absolute atomic E-state index is 0.103. The van der Waals surface area contributed by atoms with Crippen molar-refractivity contribution in [1.82, 2.24) is 0 Å². The minimum atomic E-state index is 0.103. The summed E-state index contributed by atoms with van der Waals surface area (Å²) in [4.78, 5) is 0. The predicted molar refractivity (Wildman–Crippen MR) is 83.8 cm³/mol. The van der Waals surface area contributed by atoms with Crippen LogP contribution in [0, 0.1) is 11.8 Å². The van der Waals surface area contributed by atoms with E-state index in [1.165, 1.54) is 51.4 Å². The van der Waals surface area contributed by atoms with Gasteiger partial charge in [0.05, 0.1) is 0 Å². The van der Waals surface area contributed by atoms with E-state index in [9.17, 15) is 0 Å². The molecule has 3 unspecified atom stereocenters. The van der Waals surface area contributed by atoms with Gasteiger partial charge in [0.15, 0.2) is 0 Å². The predicted octanol–water partition coefficient (Wildman–Crippen LogP) is 5.53. The second kappa shape index (κ2) is 9.83. The van der Waals surface area contributed by atoms with E-state index in [1.807, 2.05) is 0 Å². The van der Waals surface area contributed by atoms with Crippen molar-refractivity contribution in [3.63, 3.8) is 0 Å². The van der Waals surface area contributed by atoms with Gasteiger partial charge in [-0.05, 0) is 31.1 Å². The molecule has 0 fully saturated rings. The molecule has 110 valence electrons. The lowest BCUT2D eigenvalue weighted by atomic mass is 9.81. The summed E-state index contributed by atoms with van der Waals surface area (Å²) in [5.74, 6) is 1.68. The Balaban J connectivity index is 3.91. The number of nitrogens with two attached hydrogens (primary N) is 1. The van der Waals surface area contributed by atoms with Crippen LogP contribution in [0.2, 0.25) is 0 Å². The van der Waals surface area contributed by atoms with Gasteiger partial charge in [-0.15, -0.1) is 0 Å². The van der Waals surface area contributed by atoms with Crippen LogP contribution in [-0.4, -0.2) is 5.54 Å². The number of hydrogen-bond donors (Lipinski definition) is 1. The molecule has 0 rings (SSSR count). The Labute approximate surface area is 116 Å². The third-order valence-electron chi connectivity index (χ3n) is 4.58. The van der Waals surface area contributed by atoms with E-state index in [0.717, 1.165) is 18.3 Å². The van der Waals surface area contributed by atoms with Crippen molar-refractivity contribution < 1.29 is 0 Å². The van der Waals surface area contributed by atoms with Crippen molar-refractivity contribution >= 4 is 0 Å². The van der Waals surface area contributed by atoms with Crippen molar-refractivity contribution in [3.05, 3.63) is 0 Å². The lowest BCUT2D eigenvalue weighted by molar-refractivity contribution is 0.277. The summed E-state index contributed by atoms with van der Waals surface area (Å²) in [5, 5.41) is 0. The number of hydrogen-bond acceptors (Lipinski definition) is 1. The lowest BCUT2D eigenvalue weighted by Gasteiger charge is -2.31. The second-order valence-electron chi connectivity index (χ2n) is 6.57. The Kier molecular flexibility index (Phi) is 9.81. The van der Waals surface area contributed by atoms with E-state index in [1.54, 1.807) is 0 Å². The van der Waals surface area contributed by atoms with E-state index in [4.69, 9.17) is 5.73 Å². The smallest absolute Gasteiger partial charge is 0.0154 e. The highest BCUT2D eigenvalue weighted by molar-refractivity contribution is 4.84. The Morgan fingerprint density at radius 1 is 0.944 bits per heavy atom. The van der Waals surface area contributed by atoms with Crippen molar-refractivity contribution in [2.45, 2.75) is 97.9 Å². The molecule has 18 heavy (non-hydrogen) atoms. The zero-order valence-electron chi connectivity index (χ0n) is 13.6. The van der Waals surface area contributed by atoms with Crippen molar-refractivity contribution in [2.24, 2.45) is 17.6 Å². The average molecular weight is 255 g/mol. The monoisotopic (exact) mass is 255 g/mol. The largest absolute Gasteiger partial charge is 0.325 e. The first-order chi connectivity index (χ1) is 8.47. The van der Waals surface area contributed by atoms with Gasteiger partial charge in [0.2, 0.25) is 0 Å². The molecule has 0 spiro atoms. The first-order valence-corrected chi connectivity index (χ1v) is 8.26. The molecule has 0 saturated carbocycles. The van der Waals surface area contributed by atoms with Crippen LogP contribution < -0.4 is 5.73 Å². The third kappa shape index (κ3) is 8.13. The molecule has 0 radical (unpaired) electrons. The highest BCUT2D eigenvalue weighted by Gasteiger charge is 2.24. The molecule has 0 aliphatic heterocycles. The Bertz CT molecular complexity index is 190. The molecule has 0 saturated heterocycles. The van der Waals surface area contributed by atoms with Crippen LogP contribution in [-0.2, 0) is 0 Å². The molecule has 0 aliphatic rings. The van der Waals surface area contributed by atoms with E-state index in [2.05, 4.69) is 34.6 Å². The minimum Gasteiger partial charge on any atom is -0.325 e. The van der Waals surface area contributed by atoms with Gasteiger partial charge in [0, 0.05) is 5.54 Å². The molecule has 0 aliphatic carbocycles. The molecule has 0 amide bonds. The van der Waals surface area contributed by atoms with E-state index >= 15 is 0 Å². The fourth-order valence-electron chi connectivity index (χ4n) is 2.77. The molecular formula is C17H37N. The molecule has 0 aromatic heterocycles. The first kappa shape index (κ1) is 18.0. The summed E-state index contributed by atoms with van der Waals surface area (Å²) in [7, 11) is 0. The summed E-state index contributed by atoms with van der Waals surface area (Å²) < 4.78 is 0. The van der Waals surface area contributed by atoms with E-state index in [-0.39, 0.29) is 5.54 Å². The maximum Gasteiger partial charge on any atom is 0.0154 e. The highest BCUT2D eigenvalue weighted by atomic mass is 14.7. The summed E-state index contributed by atoms with van der Waals surface area (Å²) in [6, 6.07) is 0. The van der Waals surface area contributed by atoms with Gasteiger partial charge in [0.1, 0.15) is 0 Å². The first-order valence-electron chi connectivity index (χ1n) is 8.26. The summed E-state index contributed by atoms with van der Waals surface area (Å²) in [5.41, 5.74) is 6.64.